The molecule has 3 aromatic carbocycles. The number of nitrogens with zero attached hydrogens (tertiary/aromatic N) is 1. The summed E-state index contributed by atoms with van der Waals surface area (Å²) < 4.78 is 20.4. The van der Waals surface area contributed by atoms with E-state index in [1.807, 2.05) is 0 Å². The lowest BCUT2D eigenvalue weighted by Crippen LogP contribution is -2.44. The molecule has 222 valence electrons. The number of nitrogens with one attached hydrogen (secondary N) is 2. The minimum absolute atomic E-state index is 0.0379. The van der Waals surface area contributed by atoms with Gasteiger partial charge in [0.05, 0.1) is 42.3 Å². The number of hydrogen-bond acceptors (Lipinski definition) is 10. The second kappa shape index (κ2) is 13.3. The van der Waals surface area contributed by atoms with Crippen LogP contribution in [-0.4, -0.2) is 73.9 Å². The summed E-state index contributed by atoms with van der Waals surface area (Å²) in [4.78, 5) is 76.5. The Labute approximate surface area is 245 Å². The first-order chi connectivity index (χ1) is 20.6. The highest BCUT2D eigenvalue weighted by Gasteiger charge is 2.42. The number of ether oxygens (including phenoxy) is 4. The molecule has 0 spiro atoms. The molecule has 0 bridgehead atoms. The van der Waals surface area contributed by atoms with Crippen LogP contribution in [0.25, 0.3) is 0 Å². The fourth-order valence-electron chi connectivity index (χ4n) is 4.18. The third-order valence-corrected chi connectivity index (χ3v) is 6.32. The molecule has 13 nitrogen and oxygen atoms in total. The predicted octanol–water partition coefficient (Wildman–Crippen LogP) is 2.67. The predicted molar refractivity (Wildman–Crippen MR) is 151 cm³/mol. The van der Waals surface area contributed by atoms with Crippen LogP contribution in [-0.2, 0) is 23.9 Å². The molecular formula is C30H27N3O10. The van der Waals surface area contributed by atoms with Gasteiger partial charge in [-0.2, -0.15) is 0 Å². The zero-order valence-electron chi connectivity index (χ0n) is 23.4. The van der Waals surface area contributed by atoms with E-state index >= 15 is 0 Å². The molecule has 4 rings (SSSR count). The van der Waals surface area contributed by atoms with Gasteiger partial charge in [0.2, 0.25) is 0 Å². The van der Waals surface area contributed by atoms with Crippen LogP contribution in [0.2, 0.25) is 0 Å². The lowest BCUT2D eigenvalue weighted by Gasteiger charge is -2.20. The van der Waals surface area contributed by atoms with E-state index in [0.717, 1.165) is 6.07 Å². The van der Waals surface area contributed by atoms with Gasteiger partial charge in [-0.25, -0.2) is 9.59 Å². The maximum Gasteiger partial charge on any atom is 0.338 e. The molecule has 3 aromatic rings. The van der Waals surface area contributed by atoms with E-state index in [0.29, 0.717) is 27.8 Å². The fraction of sp³-hybridized carbons (Fsp3) is 0.200. The van der Waals surface area contributed by atoms with Gasteiger partial charge in [0.25, 0.3) is 23.6 Å². The first-order valence-electron chi connectivity index (χ1n) is 12.9. The number of methoxy groups -OCH3 is 2. The molecule has 0 saturated carbocycles. The largest absolute Gasteiger partial charge is 0.495 e. The fourth-order valence-corrected chi connectivity index (χ4v) is 4.18. The van der Waals surface area contributed by atoms with Gasteiger partial charge >= 0.3 is 11.9 Å². The Morgan fingerprint density at radius 3 is 1.79 bits per heavy atom. The number of para-hydroxylation sites is 4. The number of esters is 2. The summed E-state index contributed by atoms with van der Waals surface area (Å²) in [6.45, 7) is -0.0247. The molecule has 0 fully saturated rings. The molecule has 4 amide bonds. The molecule has 1 atom stereocenters. The molecule has 0 aliphatic carbocycles. The van der Waals surface area contributed by atoms with Gasteiger partial charge < -0.3 is 29.6 Å². The Morgan fingerprint density at radius 2 is 1.23 bits per heavy atom. The Kier molecular flexibility index (Phi) is 9.35. The summed E-state index contributed by atoms with van der Waals surface area (Å²) in [5.41, 5.74) is 0.494. The van der Waals surface area contributed by atoms with Crippen LogP contribution < -0.4 is 20.1 Å². The van der Waals surface area contributed by atoms with Crippen LogP contribution in [0.4, 0.5) is 11.4 Å². The van der Waals surface area contributed by atoms with Crippen molar-refractivity contribution in [3.05, 3.63) is 83.4 Å². The smallest absolute Gasteiger partial charge is 0.338 e. The van der Waals surface area contributed by atoms with E-state index < -0.39 is 54.8 Å². The second-order valence-electron chi connectivity index (χ2n) is 9.10. The van der Waals surface area contributed by atoms with Crippen molar-refractivity contribution in [1.82, 2.24) is 4.90 Å². The molecular weight excluding hydrogens is 562 g/mol. The van der Waals surface area contributed by atoms with Crippen LogP contribution in [0.3, 0.4) is 0 Å². The van der Waals surface area contributed by atoms with Gasteiger partial charge in [-0.1, -0.05) is 24.3 Å². The Hall–Kier alpha value is -5.72. The van der Waals surface area contributed by atoms with E-state index in [-0.39, 0.29) is 16.7 Å². The molecule has 43 heavy (non-hydrogen) atoms. The van der Waals surface area contributed by atoms with Gasteiger partial charge in [0.1, 0.15) is 17.5 Å². The van der Waals surface area contributed by atoms with E-state index in [1.54, 1.807) is 48.5 Å². The number of amides is 4. The summed E-state index contributed by atoms with van der Waals surface area (Å²) >= 11 is 0. The molecule has 1 heterocycles. The average Bonchev–Trinajstić information content (AvgIpc) is 3.27. The topological polar surface area (TPSA) is 167 Å². The van der Waals surface area contributed by atoms with Crippen molar-refractivity contribution in [2.75, 3.05) is 38.1 Å². The van der Waals surface area contributed by atoms with Crippen LogP contribution >= 0.6 is 0 Å². The number of carbonyl (C=O) groups is 6. The third-order valence-electron chi connectivity index (χ3n) is 6.32. The lowest BCUT2D eigenvalue weighted by atomic mass is 10.1. The highest BCUT2D eigenvalue weighted by molar-refractivity contribution is 6.23. The molecule has 0 radical (unpaired) electrons. The SMILES string of the molecule is COc1ccccc1NC(=O)COC(=O)c1ccc2c(c1)C(=O)N(C(C)C(=O)OCC(=O)Nc1ccccc1OC)C2=O. The van der Waals surface area contributed by atoms with Crippen molar-refractivity contribution >= 4 is 46.9 Å². The quantitative estimate of drug-likeness (QED) is 0.251. The minimum atomic E-state index is -1.37. The molecule has 1 aliphatic rings. The van der Waals surface area contributed by atoms with Crippen molar-refractivity contribution in [1.29, 1.82) is 0 Å². The van der Waals surface area contributed by atoms with Crippen LogP contribution in [0, 0.1) is 0 Å². The zero-order valence-corrected chi connectivity index (χ0v) is 23.4. The molecule has 0 saturated heterocycles. The van der Waals surface area contributed by atoms with Crippen molar-refractivity contribution in [2.24, 2.45) is 0 Å². The van der Waals surface area contributed by atoms with Gasteiger partial charge in [-0.05, 0) is 49.4 Å². The highest BCUT2D eigenvalue weighted by Crippen LogP contribution is 2.27. The van der Waals surface area contributed by atoms with E-state index in [1.165, 1.54) is 33.3 Å². The van der Waals surface area contributed by atoms with Crippen LogP contribution in [0.15, 0.2) is 66.7 Å². The van der Waals surface area contributed by atoms with Crippen molar-refractivity contribution < 1.29 is 47.7 Å². The minimum Gasteiger partial charge on any atom is -0.495 e. The van der Waals surface area contributed by atoms with E-state index in [2.05, 4.69) is 10.6 Å². The normalized spacial score (nSPS) is 12.6. The summed E-state index contributed by atoms with van der Waals surface area (Å²) in [5.74, 6) is -3.99. The van der Waals surface area contributed by atoms with Crippen molar-refractivity contribution in [3.8, 4) is 11.5 Å². The van der Waals surface area contributed by atoms with Gasteiger partial charge in [0.15, 0.2) is 13.2 Å². The number of benzene rings is 3. The number of imide groups is 1. The van der Waals surface area contributed by atoms with Crippen molar-refractivity contribution in [2.45, 2.75) is 13.0 Å². The summed E-state index contributed by atoms with van der Waals surface area (Å²) in [7, 11) is 2.88. The first kappa shape index (κ1) is 30.2. The Morgan fingerprint density at radius 1 is 0.721 bits per heavy atom. The number of rotatable bonds is 11. The summed E-state index contributed by atoms with van der Waals surface area (Å²) in [6, 6.07) is 15.6. The third kappa shape index (κ3) is 6.78. The number of fused-ring (bicyclic) bond motifs is 1. The molecule has 1 unspecified atom stereocenters. The summed E-state index contributed by atoms with van der Waals surface area (Å²) in [5, 5.41) is 5.11. The van der Waals surface area contributed by atoms with Crippen LogP contribution in [0.5, 0.6) is 11.5 Å². The van der Waals surface area contributed by atoms with Gasteiger partial charge in [-0.3, -0.25) is 24.1 Å². The Balaban J connectivity index is 1.34. The lowest BCUT2D eigenvalue weighted by molar-refractivity contribution is -0.150. The summed E-state index contributed by atoms with van der Waals surface area (Å²) in [6.07, 6.45) is 0. The zero-order chi connectivity index (χ0) is 31.1. The molecule has 1 aliphatic heterocycles. The van der Waals surface area contributed by atoms with Crippen molar-refractivity contribution in [3.63, 3.8) is 0 Å². The van der Waals surface area contributed by atoms with Crippen LogP contribution in [0.1, 0.15) is 38.0 Å². The first-order valence-corrected chi connectivity index (χ1v) is 12.9. The molecule has 0 aromatic heterocycles. The van der Waals surface area contributed by atoms with E-state index in [9.17, 15) is 28.8 Å². The molecule has 2 N–H and O–H groups in total. The standard InChI is InChI=1S/C30H27N3O10/c1-17(29(38)42-15-25(34)31-21-8-4-6-10-23(21)40-2)33-27(36)19-13-12-18(14-20(19)28(33)37)30(39)43-16-26(35)32-22-9-5-7-11-24(22)41-3/h4-14,17H,15-16H2,1-3H3,(H,31,34)(H,32,35). The Bertz CT molecular complexity index is 1600. The van der Waals surface area contributed by atoms with E-state index in [4.69, 9.17) is 18.9 Å². The highest BCUT2D eigenvalue weighted by atomic mass is 16.5. The number of anilines is 2. The molecule has 13 heteroatoms. The average molecular weight is 590 g/mol. The second-order valence-corrected chi connectivity index (χ2v) is 9.10. The number of hydrogen-bond donors (Lipinski definition) is 2. The van der Waals surface area contributed by atoms with Gasteiger partial charge in [0, 0.05) is 0 Å². The van der Waals surface area contributed by atoms with Gasteiger partial charge in [-0.15, -0.1) is 0 Å². The monoisotopic (exact) mass is 589 g/mol. The maximum atomic E-state index is 13.1. The number of carbonyl (C=O) groups excluding carboxylic acids is 6. The maximum absolute atomic E-state index is 13.1.